The first-order chi connectivity index (χ1) is 14.0. The summed E-state index contributed by atoms with van der Waals surface area (Å²) in [7, 11) is 3.64. The number of ether oxygens (including phenoxy) is 1. The van der Waals surface area contributed by atoms with Crippen molar-refractivity contribution in [1.29, 1.82) is 0 Å². The molecule has 0 saturated heterocycles. The number of nitrogens with two attached hydrogens (primary N) is 1. The molecule has 152 valence electrons. The van der Waals surface area contributed by atoms with Gasteiger partial charge in [-0.25, -0.2) is 9.67 Å². The molecule has 0 spiro atoms. The van der Waals surface area contributed by atoms with Crippen molar-refractivity contribution in [1.82, 2.24) is 30.0 Å². The van der Waals surface area contributed by atoms with Crippen LogP contribution >= 0.6 is 11.8 Å². The lowest BCUT2D eigenvalue weighted by Gasteiger charge is -2.12. The highest BCUT2D eigenvalue weighted by Gasteiger charge is 2.22. The van der Waals surface area contributed by atoms with Crippen molar-refractivity contribution in [2.24, 2.45) is 0 Å². The molecule has 3 aromatic rings. The molecule has 0 fully saturated rings. The van der Waals surface area contributed by atoms with Gasteiger partial charge in [-0.05, 0) is 39.9 Å². The first-order valence-corrected chi connectivity index (χ1v) is 10.5. The van der Waals surface area contributed by atoms with Gasteiger partial charge < -0.3 is 15.8 Å². The maximum Gasteiger partial charge on any atom is 0.223 e. The van der Waals surface area contributed by atoms with Crippen LogP contribution in [0.4, 0.5) is 5.95 Å². The summed E-state index contributed by atoms with van der Waals surface area (Å²) in [4.78, 5) is 13.6. The van der Waals surface area contributed by atoms with E-state index in [-0.39, 0.29) is 5.95 Å². The Morgan fingerprint density at radius 1 is 1.31 bits per heavy atom. The number of nitrogens with one attached hydrogen (secondary N) is 1. The molecule has 29 heavy (non-hydrogen) atoms. The van der Waals surface area contributed by atoms with Crippen LogP contribution in [0.3, 0.4) is 0 Å². The summed E-state index contributed by atoms with van der Waals surface area (Å²) in [6.45, 7) is 5.42. The van der Waals surface area contributed by atoms with Gasteiger partial charge in [0.2, 0.25) is 5.95 Å². The Morgan fingerprint density at radius 2 is 2.14 bits per heavy atom. The number of pyridine rings is 1. The Morgan fingerprint density at radius 3 is 2.90 bits per heavy atom. The maximum absolute atomic E-state index is 6.02. The van der Waals surface area contributed by atoms with E-state index in [0.717, 1.165) is 63.0 Å². The minimum Gasteiger partial charge on any atom is -0.496 e. The molecule has 3 aromatic heterocycles. The van der Waals surface area contributed by atoms with Crippen LogP contribution in [0, 0.1) is 13.8 Å². The molecule has 0 radical (unpaired) electrons. The van der Waals surface area contributed by atoms with Crippen molar-refractivity contribution < 1.29 is 4.74 Å². The van der Waals surface area contributed by atoms with E-state index in [9.17, 15) is 0 Å². The number of hydrogen-bond acceptors (Lipinski definition) is 8. The van der Waals surface area contributed by atoms with Gasteiger partial charge >= 0.3 is 0 Å². The van der Waals surface area contributed by atoms with E-state index >= 15 is 0 Å². The van der Waals surface area contributed by atoms with Gasteiger partial charge in [0.05, 0.1) is 30.4 Å². The number of anilines is 1. The standard InChI is InChI=1S/C20H25N7OS/c1-11-8-23-15(12(2)17(11)28-4)9-27-18-16-14(26-27)7-13(5-6-22-3)10-29-19(16)25-20(21)24-18/h7-8,22H,5-6,9-10H2,1-4H3,(H2,21,24,25). The highest BCUT2D eigenvalue weighted by Crippen LogP contribution is 2.35. The normalized spacial score (nSPS) is 13.4. The van der Waals surface area contributed by atoms with E-state index in [4.69, 9.17) is 15.6 Å². The van der Waals surface area contributed by atoms with E-state index in [1.54, 1.807) is 18.9 Å². The number of nitrogens with zero attached hydrogens (tertiary/aromatic N) is 5. The number of aromatic nitrogens is 5. The van der Waals surface area contributed by atoms with Crippen molar-refractivity contribution >= 4 is 34.8 Å². The second-order valence-electron chi connectivity index (χ2n) is 7.12. The summed E-state index contributed by atoms with van der Waals surface area (Å²) in [5, 5.41) is 9.91. The summed E-state index contributed by atoms with van der Waals surface area (Å²) in [6, 6.07) is 0. The van der Waals surface area contributed by atoms with Crippen LogP contribution in [0.15, 0.2) is 16.8 Å². The molecule has 0 atom stereocenters. The first-order valence-electron chi connectivity index (χ1n) is 9.51. The lowest BCUT2D eigenvalue weighted by atomic mass is 10.1. The molecule has 0 aliphatic carbocycles. The molecule has 0 aromatic carbocycles. The summed E-state index contributed by atoms with van der Waals surface area (Å²) >= 11 is 1.69. The van der Waals surface area contributed by atoms with Crippen LogP contribution < -0.4 is 15.8 Å². The lowest BCUT2D eigenvalue weighted by molar-refractivity contribution is 0.406. The van der Waals surface area contributed by atoms with Gasteiger partial charge in [0, 0.05) is 23.1 Å². The van der Waals surface area contributed by atoms with E-state index in [0.29, 0.717) is 6.54 Å². The van der Waals surface area contributed by atoms with E-state index < -0.39 is 0 Å². The van der Waals surface area contributed by atoms with E-state index in [2.05, 4.69) is 26.3 Å². The quantitative estimate of drug-likeness (QED) is 0.597. The van der Waals surface area contributed by atoms with Crippen molar-refractivity contribution in [3.63, 3.8) is 0 Å². The third kappa shape index (κ3) is 3.67. The van der Waals surface area contributed by atoms with Crippen LogP contribution in [0.25, 0.3) is 17.1 Å². The molecule has 4 rings (SSSR count). The number of rotatable bonds is 6. The van der Waals surface area contributed by atoms with Gasteiger partial charge in [-0.15, -0.1) is 11.8 Å². The number of nitrogen functional groups attached to an aromatic ring is 1. The fraction of sp³-hybridized carbons (Fsp3) is 0.400. The molecule has 3 N–H and O–H groups in total. The van der Waals surface area contributed by atoms with Crippen LogP contribution in [-0.4, -0.2) is 51.2 Å². The predicted octanol–water partition coefficient (Wildman–Crippen LogP) is 2.58. The Kier molecular flexibility index (Phi) is 5.42. The fourth-order valence-corrected chi connectivity index (χ4v) is 4.65. The van der Waals surface area contributed by atoms with Gasteiger partial charge in [0.15, 0.2) is 5.65 Å². The minimum atomic E-state index is 0.262. The highest BCUT2D eigenvalue weighted by atomic mass is 32.2. The number of aryl methyl sites for hydroxylation is 1. The average Bonchev–Trinajstić information content (AvgIpc) is 2.92. The second-order valence-corrected chi connectivity index (χ2v) is 8.08. The Bertz CT molecular complexity index is 1110. The molecule has 1 aliphatic heterocycles. The Labute approximate surface area is 174 Å². The van der Waals surface area contributed by atoms with Gasteiger partial charge in [-0.1, -0.05) is 5.57 Å². The van der Waals surface area contributed by atoms with Crippen LogP contribution in [0.1, 0.15) is 28.9 Å². The van der Waals surface area contributed by atoms with Gasteiger partial charge in [-0.3, -0.25) is 4.98 Å². The fourth-order valence-electron chi connectivity index (χ4n) is 3.60. The summed E-state index contributed by atoms with van der Waals surface area (Å²) in [5.41, 5.74) is 11.9. The van der Waals surface area contributed by atoms with Gasteiger partial charge in [0.1, 0.15) is 10.8 Å². The zero-order valence-electron chi connectivity index (χ0n) is 17.1. The zero-order valence-corrected chi connectivity index (χ0v) is 17.9. The van der Waals surface area contributed by atoms with Crippen LogP contribution in [-0.2, 0) is 6.54 Å². The monoisotopic (exact) mass is 411 g/mol. The SMILES string of the molecule is CNCCC1=Cc2nn(Cc3ncc(C)c(OC)c3C)c3nc(N)nc(c23)SC1. The summed E-state index contributed by atoms with van der Waals surface area (Å²) < 4.78 is 7.42. The average molecular weight is 412 g/mol. The predicted molar refractivity (Wildman–Crippen MR) is 116 cm³/mol. The highest BCUT2D eigenvalue weighted by molar-refractivity contribution is 7.99. The lowest BCUT2D eigenvalue weighted by Crippen LogP contribution is -2.10. The summed E-state index contributed by atoms with van der Waals surface area (Å²) in [6.07, 6.45) is 4.96. The second kappa shape index (κ2) is 8.00. The molecule has 9 heteroatoms. The van der Waals surface area contributed by atoms with Crippen molar-refractivity contribution in [2.75, 3.05) is 32.2 Å². The van der Waals surface area contributed by atoms with E-state index in [1.807, 2.05) is 31.8 Å². The molecule has 1 aliphatic rings. The molecule has 4 heterocycles. The summed E-state index contributed by atoms with van der Waals surface area (Å²) in [5.74, 6) is 1.99. The number of hydrogen-bond donors (Lipinski definition) is 2. The molecule has 0 amide bonds. The largest absolute Gasteiger partial charge is 0.496 e. The molecular formula is C20H25N7OS. The molecule has 0 bridgehead atoms. The van der Waals surface area contributed by atoms with Gasteiger partial charge in [0.25, 0.3) is 0 Å². The molecule has 8 nitrogen and oxygen atoms in total. The first kappa shape index (κ1) is 19.7. The molecule has 0 unspecified atom stereocenters. The molecular weight excluding hydrogens is 386 g/mol. The van der Waals surface area contributed by atoms with Crippen molar-refractivity contribution in [3.05, 3.63) is 34.3 Å². The minimum absolute atomic E-state index is 0.262. The van der Waals surface area contributed by atoms with Crippen LogP contribution in [0.5, 0.6) is 5.75 Å². The number of thioether (sulfide) groups is 1. The van der Waals surface area contributed by atoms with Crippen LogP contribution in [0.2, 0.25) is 0 Å². The smallest absolute Gasteiger partial charge is 0.223 e. The maximum atomic E-state index is 6.02. The van der Waals surface area contributed by atoms with Gasteiger partial charge in [-0.2, -0.15) is 10.1 Å². The zero-order chi connectivity index (χ0) is 20.5. The Balaban J connectivity index is 1.81. The van der Waals surface area contributed by atoms with Crippen molar-refractivity contribution in [2.45, 2.75) is 31.8 Å². The molecule has 0 saturated carbocycles. The van der Waals surface area contributed by atoms with E-state index in [1.165, 1.54) is 5.57 Å². The van der Waals surface area contributed by atoms with Crippen molar-refractivity contribution in [3.8, 4) is 5.75 Å². The third-order valence-corrected chi connectivity index (χ3v) is 6.17. The third-order valence-electron chi connectivity index (χ3n) is 5.08. The topological polar surface area (TPSA) is 104 Å². The Hall–Kier alpha value is -2.65. The number of methoxy groups -OCH3 is 1.